The van der Waals surface area contributed by atoms with Crippen LogP contribution in [0.1, 0.15) is 18.4 Å². The summed E-state index contributed by atoms with van der Waals surface area (Å²) in [5.41, 5.74) is 0.364. The first-order valence-corrected chi connectivity index (χ1v) is 9.05. The number of amides is 3. The van der Waals surface area contributed by atoms with Gasteiger partial charge in [-0.15, -0.1) is 0 Å². The van der Waals surface area contributed by atoms with Crippen LogP contribution in [-0.4, -0.2) is 27.0 Å². The van der Waals surface area contributed by atoms with E-state index in [1.165, 1.54) is 0 Å². The normalized spacial score (nSPS) is 19.4. The Kier molecular flexibility index (Phi) is 4.27. The van der Waals surface area contributed by atoms with Crippen LogP contribution in [0.2, 0.25) is 0 Å². The average molecular weight is 427 g/mol. The summed E-state index contributed by atoms with van der Waals surface area (Å²) in [6.07, 6.45) is 0. The first-order valence-electron chi connectivity index (χ1n) is 8.25. The predicted molar refractivity (Wildman–Crippen MR) is 100 cm³/mol. The maximum Gasteiger partial charge on any atom is 0.325 e. The Morgan fingerprint density at radius 3 is 2.67 bits per heavy atom. The van der Waals surface area contributed by atoms with Crippen LogP contribution in [0.25, 0.3) is 11.4 Å². The van der Waals surface area contributed by atoms with E-state index in [4.69, 9.17) is 4.52 Å². The van der Waals surface area contributed by atoms with Crippen LogP contribution in [0.4, 0.5) is 4.79 Å². The molecule has 0 spiro atoms. The molecule has 1 fully saturated rings. The summed E-state index contributed by atoms with van der Waals surface area (Å²) in [5.74, 6) is 0.218. The number of aromatic nitrogens is 2. The van der Waals surface area contributed by atoms with E-state index < -0.39 is 11.6 Å². The molecule has 4 rings (SSSR count). The van der Waals surface area contributed by atoms with E-state index in [1.54, 1.807) is 19.1 Å². The number of halogens is 1. The fourth-order valence-corrected chi connectivity index (χ4v) is 3.41. The third-order valence-electron chi connectivity index (χ3n) is 4.47. The fraction of sp³-hybridized carbons (Fsp3) is 0.158. The number of rotatable bonds is 4. The second-order valence-electron chi connectivity index (χ2n) is 6.33. The summed E-state index contributed by atoms with van der Waals surface area (Å²) in [6, 6.07) is 16.1. The summed E-state index contributed by atoms with van der Waals surface area (Å²) in [6.45, 7) is 1.59. The highest BCUT2D eigenvalue weighted by Crippen LogP contribution is 2.29. The van der Waals surface area contributed by atoms with Gasteiger partial charge in [0, 0.05) is 10.0 Å². The standard InChI is InChI=1S/C19H15BrN4O3/c1-19(13-7-3-2-4-8-13)17(25)24(18(26)22-19)11-15-21-16(23-27-15)12-6-5-9-14(20)10-12/h2-10H,11H2,1H3,(H,22,26). The van der Waals surface area contributed by atoms with Crippen LogP contribution < -0.4 is 5.32 Å². The number of benzene rings is 2. The van der Waals surface area contributed by atoms with E-state index in [0.717, 1.165) is 14.9 Å². The van der Waals surface area contributed by atoms with E-state index in [0.29, 0.717) is 11.4 Å². The van der Waals surface area contributed by atoms with Crippen LogP contribution >= 0.6 is 15.9 Å². The molecule has 7 nitrogen and oxygen atoms in total. The molecule has 3 aromatic rings. The molecule has 1 unspecified atom stereocenters. The largest absolute Gasteiger partial charge is 0.337 e. The van der Waals surface area contributed by atoms with Crippen molar-refractivity contribution in [2.45, 2.75) is 19.0 Å². The summed E-state index contributed by atoms with van der Waals surface area (Å²) in [5, 5.41) is 6.69. The quantitative estimate of drug-likeness (QED) is 0.645. The maximum atomic E-state index is 12.9. The number of carbonyl (C=O) groups excluding carboxylic acids is 2. The molecule has 1 saturated heterocycles. The molecule has 0 bridgehead atoms. The Morgan fingerprint density at radius 1 is 1.15 bits per heavy atom. The average Bonchev–Trinajstić information content (AvgIpc) is 3.22. The van der Waals surface area contributed by atoms with Crippen LogP contribution in [-0.2, 0) is 16.9 Å². The lowest BCUT2D eigenvalue weighted by molar-refractivity contribution is -0.131. The second kappa shape index (κ2) is 6.62. The summed E-state index contributed by atoms with van der Waals surface area (Å²) >= 11 is 3.40. The molecule has 1 aromatic heterocycles. The van der Waals surface area contributed by atoms with E-state index >= 15 is 0 Å². The number of hydrogen-bond acceptors (Lipinski definition) is 5. The van der Waals surface area contributed by atoms with Crippen molar-refractivity contribution in [3.63, 3.8) is 0 Å². The van der Waals surface area contributed by atoms with Crippen molar-refractivity contribution in [1.29, 1.82) is 0 Å². The van der Waals surface area contributed by atoms with Crippen LogP contribution in [0.3, 0.4) is 0 Å². The van der Waals surface area contributed by atoms with Gasteiger partial charge in [0.1, 0.15) is 12.1 Å². The highest BCUT2D eigenvalue weighted by Gasteiger charge is 2.49. The number of nitrogens with zero attached hydrogens (tertiary/aromatic N) is 3. The number of urea groups is 1. The number of imide groups is 1. The molecular formula is C19H15BrN4O3. The number of nitrogens with one attached hydrogen (secondary N) is 1. The molecule has 3 amide bonds. The molecule has 27 heavy (non-hydrogen) atoms. The molecule has 1 aliphatic heterocycles. The fourth-order valence-electron chi connectivity index (χ4n) is 3.01. The Labute approximate surface area is 163 Å². The maximum absolute atomic E-state index is 12.9. The lowest BCUT2D eigenvalue weighted by Crippen LogP contribution is -2.40. The van der Waals surface area contributed by atoms with Crippen molar-refractivity contribution in [2.24, 2.45) is 0 Å². The first-order chi connectivity index (χ1) is 13.0. The van der Waals surface area contributed by atoms with Crippen molar-refractivity contribution in [3.05, 3.63) is 70.5 Å². The summed E-state index contributed by atoms with van der Waals surface area (Å²) < 4.78 is 6.13. The Bertz CT molecular complexity index is 1020. The second-order valence-corrected chi connectivity index (χ2v) is 7.25. The van der Waals surface area contributed by atoms with Gasteiger partial charge < -0.3 is 9.84 Å². The zero-order valence-corrected chi connectivity index (χ0v) is 15.9. The van der Waals surface area contributed by atoms with Crippen molar-refractivity contribution >= 4 is 27.9 Å². The van der Waals surface area contributed by atoms with Gasteiger partial charge in [-0.05, 0) is 24.6 Å². The topological polar surface area (TPSA) is 88.3 Å². The van der Waals surface area contributed by atoms with Crippen molar-refractivity contribution in [3.8, 4) is 11.4 Å². The van der Waals surface area contributed by atoms with E-state index in [1.807, 2.05) is 42.5 Å². The highest BCUT2D eigenvalue weighted by molar-refractivity contribution is 9.10. The SMILES string of the molecule is CC1(c2ccccc2)NC(=O)N(Cc2nc(-c3cccc(Br)c3)no2)C1=O. The third kappa shape index (κ3) is 3.12. The minimum atomic E-state index is -1.12. The molecule has 1 aliphatic rings. The van der Waals surface area contributed by atoms with Gasteiger partial charge in [0.2, 0.25) is 11.7 Å². The summed E-state index contributed by atoms with van der Waals surface area (Å²) in [4.78, 5) is 30.7. The van der Waals surface area contributed by atoms with Crippen molar-refractivity contribution in [1.82, 2.24) is 20.4 Å². The molecule has 0 aliphatic carbocycles. The van der Waals surface area contributed by atoms with Gasteiger partial charge in [0.05, 0.1) is 0 Å². The van der Waals surface area contributed by atoms with Crippen molar-refractivity contribution < 1.29 is 14.1 Å². The first kappa shape index (κ1) is 17.4. The van der Waals surface area contributed by atoms with Gasteiger partial charge >= 0.3 is 6.03 Å². The Morgan fingerprint density at radius 2 is 1.93 bits per heavy atom. The molecule has 1 atom stereocenters. The summed E-state index contributed by atoms with van der Waals surface area (Å²) in [7, 11) is 0. The van der Waals surface area contributed by atoms with Gasteiger partial charge in [-0.1, -0.05) is 63.6 Å². The Balaban J connectivity index is 1.57. The monoisotopic (exact) mass is 426 g/mol. The lowest BCUT2D eigenvalue weighted by atomic mass is 9.92. The van der Waals surface area contributed by atoms with Crippen molar-refractivity contribution in [2.75, 3.05) is 0 Å². The number of carbonyl (C=O) groups is 2. The van der Waals surface area contributed by atoms with Crippen LogP contribution in [0.15, 0.2) is 63.6 Å². The van der Waals surface area contributed by atoms with Gasteiger partial charge in [0.15, 0.2) is 0 Å². The minimum Gasteiger partial charge on any atom is -0.337 e. The van der Waals surface area contributed by atoms with Gasteiger partial charge in [0.25, 0.3) is 5.91 Å². The van der Waals surface area contributed by atoms with E-state index in [-0.39, 0.29) is 18.3 Å². The zero-order valence-electron chi connectivity index (χ0n) is 14.3. The Hall–Kier alpha value is -3.00. The molecular weight excluding hydrogens is 412 g/mol. The molecule has 2 heterocycles. The highest BCUT2D eigenvalue weighted by atomic mass is 79.9. The predicted octanol–water partition coefficient (Wildman–Crippen LogP) is 3.47. The molecule has 0 saturated carbocycles. The van der Waals surface area contributed by atoms with E-state index in [2.05, 4.69) is 31.4 Å². The van der Waals surface area contributed by atoms with Gasteiger partial charge in [-0.25, -0.2) is 4.79 Å². The zero-order chi connectivity index (χ0) is 19.0. The molecule has 8 heteroatoms. The van der Waals surface area contributed by atoms with E-state index in [9.17, 15) is 9.59 Å². The van der Waals surface area contributed by atoms with Gasteiger partial charge in [-0.3, -0.25) is 9.69 Å². The molecule has 0 radical (unpaired) electrons. The number of hydrogen-bond donors (Lipinski definition) is 1. The van der Waals surface area contributed by atoms with Gasteiger partial charge in [-0.2, -0.15) is 4.98 Å². The lowest BCUT2D eigenvalue weighted by Gasteiger charge is -2.21. The minimum absolute atomic E-state index is 0.0892. The molecule has 1 N–H and O–H groups in total. The molecule has 2 aromatic carbocycles. The van der Waals surface area contributed by atoms with Crippen LogP contribution in [0, 0.1) is 0 Å². The third-order valence-corrected chi connectivity index (χ3v) is 4.96. The smallest absolute Gasteiger partial charge is 0.325 e. The molecule has 136 valence electrons. The van der Waals surface area contributed by atoms with Crippen LogP contribution in [0.5, 0.6) is 0 Å².